The van der Waals surface area contributed by atoms with Gasteiger partial charge in [-0.3, -0.25) is 4.57 Å². The van der Waals surface area contributed by atoms with Crippen molar-refractivity contribution < 1.29 is 14.4 Å². The van der Waals surface area contributed by atoms with Crippen molar-refractivity contribution in [3.05, 3.63) is 70.8 Å². The molecule has 7 heteroatoms. The van der Waals surface area contributed by atoms with Gasteiger partial charge in [0.1, 0.15) is 25.4 Å². The van der Waals surface area contributed by atoms with Gasteiger partial charge in [-0.1, -0.05) is 36.4 Å². The Labute approximate surface area is 169 Å². The van der Waals surface area contributed by atoms with Crippen LogP contribution in [-0.4, -0.2) is 40.7 Å². The molecule has 146 valence electrons. The number of hydrogen-bond donors (Lipinski definition) is 1. The Kier molecular flexibility index (Phi) is 5.85. The molecule has 0 radical (unpaired) electrons. The van der Waals surface area contributed by atoms with Crippen molar-refractivity contribution >= 4 is 12.2 Å². The number of nitrogens with one attached hydrogen (secondary N) is 1. The van der Waals surface area contributed by atoms with Crippen LogP contribution >= 0.6 is 12.2 Å². The van der Waals surface area contributed by atoms with Gasteiger partial charge >= 0.3 is 0 Å². The maximum absolute atomic E-state index is 6.07. The number of benzene rings is 2. The van der Waals surface area contributed by atoms with Crippen molar-refractivity contribution in [2.75, 3.05) is 26.3 Å². The van der Waals surface area contributed by atoms with E-state index < -0.39 is 0 Å². The van der Waals surface area contributed by atoms with Gasteiger partial charge < -0.3 is 14.4 Å². The van der Waals surface area contributed by atoms with Gasteiger partial charge in [0, 0.05) is 5.69 Å². The quantitative estimate of drug-likeness (QED) is 0.648. The molecule has 1 aromatic heterocycles. The first kappa shape index (κ1) is 18.9. The molecule has 2 aromatic carbocycles. The highest BCUT2D eigenvalue weighted by Gasteiger charge is 2.19. The molecular formula is C21H25N4O2S+. The first-order valence-corrected chi connectivity index (χ1v) is 9.97. The van der Waals surface area contributed by atoms with Gasteiger partial charge in [0.25, 0.3) is 0 Å². The van der Waals surface area contributed by atoms with Crippen molar-refractivity contribution in [2.45, 2.75) is 20.2 Å². The molecule has 6 nitrogen and oxygen atoms in total. The second-order valence-electron chi connectivity index (χ2n) is 6.94. The summed E-state index contributed by atoms with van der Waals surface area (Å²) in [7, 11) is 0. The average molecular weight is 398 g/mol. The molecule has 1 aliphatic rings. The normalized spacial score (nSPS) is 14.9. The highest BCUT2D eigenvalue weighted by atomic mass is 32.1. The Morgan fingerprint density at radius 3 is 2.54 bits per heavy atom. The molecule has 1 aliphatic heterocycles. The minimum absolute atomic E-state index is 0.356. The summed E-state index contributed by atoms with van der Waals surface area (Å²) in [5, 5.41) is 4.81. The third-order valence-corrected chi connectivity index (χ3v) is 5.34. The molecule has 1 fully saturated rings. The summed E-state index contributed by atoms with van der Waals surface area (Å²) in [5.41, 5.74) is 2.10. The minimum atomic E-state index is 0.356. The van der Waals surface area contributed by atoms with Crippen LogP contribution in [0.3, 0.4) is 0 Å². The maximum Gasteiger partial charge on any atom is 0.207 e. The van der Waals surface area contributed by atoms with Crippen molar-refractivity contribution in [2.24, 2.45) is 0 Å². The topological polar surface area (TPSA) is 45.6 Å². The Morgan fingerprint density at radius 2 is 1.79 bits per heavy atom. The lowest BCUT2D eigenvalue weighted by Crippen LogP contribution is -3.13. The second kappa shape index (κ2) is 8.68. The van der Waals surface area contributed by atoms with Gasteiger partial charge in [-0.25, -0.2) is 0 Å². The molecule has 3 aromatic rings. The first-order valence-electron chi connectivity index (χ1n) is 9.56. The summed E-state index contributed by atoms with van der Waals surface area (Å²) in [6.07, 6.45) is 0. The van der Waals surface area contributed by atoms with E-state index in [0.717, 1.165) is 55.8 Å². The number of rotatable bonds is 6. The molecule has 28 heavy (non-hydrogen) atoms. The lowest BCUT2D eigenvalue weighted by atomic mass is 10.2. The Hall–Kier alpha value is -2.48. The molecule has 0 spiro atoms. The standard InChI is InChI=1S/C21H24N4O2S/c1-17-7-5-6-10-19(17)27-15-20-22-24(16-23-11-13-26-14-12-23)21(28)25(20)18-8-3-2-4-9-18/h2-10H,11-16H2,1H3/p+1. The molecule has 1 saturated heterocycles. The van der Waals surface area contributed by atoms with Crippen LogP contribution in [0.2, 0.25) is 0 Å². The van der Waals surface area contributed by atoms with Gasteiger partial charge in [-0.15, -0.1) is 5.10 Å². The SMILES string of the molecule is Cc1ccccc1OCc1nn(C[NH+]2CCOCC2)c(=S)n1-c1ccccc1. The zero-order valence-electron chi connectivity index (χ0n) is 16.0. The minimum Gasteiger partial charge on any atom is -0.485 e. The molecule has 0 bridgehead atoms. The van der Waals surface area contributed by atoms with Gasteiger partial charge in [0.05, 0.1) is 13.2 Å². The van der Waals surface area contributed by atoms with Gasteiger partial charge in [0.2, 0.25) is 4.77 Å². The molecule has 1 N–H and O–H groups in total. The highest BCUT2D eigenvalue weighted by Crippen LogP contribution is 2.19. The average Bonchev–Trinajstić information content (AvgIpc) is 3.04. The summed E-state index contributed by atoms with van der Waals surface area (Å²) in [5.74, 6) is 1.66. The van der Waals surface area contributed by atoms with Crippen molar-refractivity contribution in [3.8, 4) is 11.4 Å². The molecular weight excluding hydrogens is 372 g/mol. The molecule has 0 aliphatic carbocycles. The lowest BCUT2D eigenvalue weighted by Gasteiger charge is -2.23. The van der Waals surface area contributed by atoms with E-state index in [1.165, 1.54) is 4.90 Å². The summed E-state index contributed by atoms with van der Waals surface area (Å²) in [4.78, 5) is 1.42. The van der Waals surface area contributed by atoms with Crippen LogP contribution in [0.4, 0.5) is 0 Å². The van der Waals surface area contributed by atoms with Crippen molar-refractivity contribution in [1.82, 2.24) is 14.3 Å². The van der Waals surface area contributed by atoms with Crippen LogP contribution in [-0.2, 0) is 18.0 Å². The highest BCUT2D eigenvalue weighted by molar-refractivity contribution is 7.71. The van der Waals surface area contributed by atoms with Gasteiger partial charge in [-0.05, 0) is 42.9 Å². The van der Waals surface area contributed by atoms with Crippen LogP contribution in [0, 0.1) is 11.7 Å². The molecule has 0 unspecified atom stereocenters. The van der Waals surface area contributed by atoms with Crippen molar-refractivity contribution in [1.29, 1.82) is 0 Å². The van der Waals surface area contributed by atoms with Gasteiger partial charge in [0.15, 0.2) is 12.5 Å². The van der Waals surface area contributed by atoms with E-state index in [1.54, 1.807) is 0 Å². The number of ether oxygens (including phenoxy) is 2. The van der Waals surface area contributed by atoms with E-state index in [4.69, 9.17) is 26.8 Å². The number of aromatic nitrogens is 3. The lowest BCUT2D eigenvalue weighted by molar-refractivity contribution is -0.930. The largest absolute Gasteiger partial charge is 0.485 e. The third-order valence-electron chi connectivity index (χ3n) is 4.94. The monoisotopic (exact) mass is 397 g/mol. The summed E-state index contributed by atoms with van der Waals surface area (Å²) >= 11 is 5.78. The van der Waals surface area contributed by atoms with Crippen LogP contribution in [0.5, 0.6) is 5.75 Å². The maximum atomic E-state index is 6.07. The molecule has 0 saturated carbocycles. The zero-order chi connectivity index (χ0) is 19.3. The number of morpholine rings is 1. The van der Waals surface area contributed by atoms with E-state index in [0.29, 0.717) is 11.4 Å². The van der Waals surface area contributed by atoms with Crippen LogP contribution in [0.25, 0.3) is 5.69 Å². The number of para-hydroxylation sites is 2. The first-order chi connectivity index (χ1) is 13.7. The smallest absolute Gasteiger partial charge is 0.207 e. The summed E-state index contributed by atoms with van der Waals surface area (Å²) < 4.78 is 16.1. The molecule has 4 rings (SSSR count). The van der Waals surface area contributed by atoms with Crippen LogP contribution in [0.15, 0.2) is 54.6 Å². The Balaban J connectivity index is 1.64. The van der Waals surface area contributed by atoms with Crippen LogP contribution < -0.4 is 9.64 Å². The fourth-order valence-corrected chi connectivity index (χ4v) is 3.69. The molecule has 0 amide bonds. The molecule has 2 heterocycles. The van der Waals surface area contributed by atoms with E-state index >= 15 is 0 Å². The fourth-order valence-electron chi connectivity index (χ4n) is 3.38. The van der Waals surface area contributed by atoms with Gasteiger partial charge in [-0.2, -0.15) is 4.68 Å². The number of hydrogen-bond acceptors (Lipinski definition) is 4. The van der Waals surface area contributed by atoms with Crippen LogP contribution in [0.1, 0.15) is 11.4 Å². The fraction of sp³-hybridized carbons (Fsp3) is 0.333. The number of quaternary nitrogens is 1. The van der Waals surface area contributed by atoms with E-state index in [2.05, 4.69) is 0 Å². The van der Waals surface area contributed by atoms with E-state index in [1.807, 2.05) is 70.8 Å². The number of aryl methyl sites for hydroxylation is 1. The summed E-state index contributed by atoms with van der Waals surface area (Å²) in [6.45, 7) is 6.63. The zero-order valence-corrected chi connectivity index (χ0v) is 16.8. The summed E-state index contributed by atoms with van der Waals surface area (Å²) in [6, 6.07) is 18.1. The van der Waals surface area contributed by atoms with E-state index in [9.17, 15) is 0 Å². The third kappa shape index (κ3) is 4.16. The predicted octanol–water partition coefficient (Wildman–Crippen LogP) is 2.16. The van der Waals surface area contributed by atoms with Crippen molar-refractivity contribution in [3.63, 3.8) is 0 Å². The Bertz CT molecular complexity index is 978. The van der Waals surface area contributed by atoms with E-state index in [-0.39, 0.29) is 0 Å². The predicted molar refractivity (Wildman–Crippen MR) is 109 cm³/mol. The molecule has 0 atom stereocenters. The Morgan fingerprint density at radius 1 is 1.07 bits per heavy atom. The second-order valence-corrected chi connectivity index (χ2v) is 7.31. The number of nitrogens with zero attached hydrogens (tertiary/aromatic N) is 3.